The van der Waals surface area contributed by atoms with Crippen molar-refractivity contribution < 1.29 is 22.4 Å². The van der Waals surface area contributed by atoms with Gasteiger partial charge in [0, 0.05) is 17.7 Å². The summed E-state index contributed by atoms with van der Waals surface area (Å²) in [5.74, 6) is 0.629. The van der Waals surface area contributed by atoms with Crippen molar-refractivity contribution >= 4 is 0 Å². The molecule has 142 valence electrons. The predicted molar refractivity (Wildman–Crippen MR) is 92.8 cm³/mol. The van der Waals surface area contributed by atoms with Crippen molar-refractivity contribution in [3.63, 3.8) is 0 Å². The molecule has 0 aliphatic heterocycles. The molecule has 3 rings (SSSR count). The molecule has 0 radical (unpaired) electrons. The van der Waals surface area contributed by atoms with E-state index in [1.54, 1.807) is 24.1 Å². The molecule has 5 nitrogen and oxygen atoms in total. The molecule has 0 aliphatic carbocycles. The predicted octanol–water partition coefficient (Wildman–Crippen LogP) is 4.58. The van der Waals surface area contributed by atoms with Gasteiger partial charge in [-0.25, -0.2) is 0 Å². The maximum absolute atomic E-state index is 12.5. The van der Waals surface area contributed by atoms with Gasteiger partial charge in [0.25, 0.3) is 0 Å². The van der Waals surface area contributed by atoms with Crippen LogP contribution in [0, 0.1) is 6.92 Å². The van der Waals surface area contributed by atoms with E-state index in [4.69, 9.17) is 4.52 Å². The Morgan fingerprint density at radius 2 is 1.74 bits per heavy atom. The molecule has 27 heavy (non-hydrogen) atoms. The summed E-state index contributed by atoms with van der Waals surface area (Å²) in [7, 11) is 1.75. The molecule has 0 aliphatic rings. The zero-order valence-corrected chi connectivity index (χ0v) is 14.8. The Labute approximate surface area is 154 Å². The van der Waals surface area contributed by atoms with Crippen LogP contribution in [0.4, 0.5) is 13.2 Å². The number of ether oxygens (including phenoxy) is 1. The molecule has 0 saturated carbocycles. The summed E-state index contributed by atoms with van der Waals surface area (Å²) in [5, 5.41) is 3.96. The zero-order valence-electron chi connectivity index (χ0n) is 14.8. The molecule has 0 saturated heterocycles. The van der Waals surface area contributed by atoms with E-state index in [2.05, 4.69) is 14.9 Å². The van der Waals surface area contributed by atoms with Crippen LogP contribution in [-0.2, 0) is 13.1 Å². The smallest absolute Gasteiger partial charge is 0.405 e. The topological polar surface area (TPSA) is 51.4 Å². The number of para-hydroxylation sites is 1. The molecule has 0 amide bonds. The second-order valence-electron chi connectivity index (χ2n) is 6.21. The molecular weight excluding hydrogens is 359 g/mol. The van der Waals surface area contributed by atoms with Gasteiger partial charge in [0.2, 0.25) is 11.7 Å². The van der Waals surface area contributed by atoms with Gasteiger partial charge in [0.1, 0.15) is 5.75 Å². The van der Waals surface area contributed by atoms with Crippen molar-refractivity contribution in [3.05, 3.63) is 65.5 Å². The minimum absolute atomic E-state index is 0.220. The van der Waals surface area contributed by atoms with Crippen LogP contribution in [0.15, 0.2) is 53.1 Å². The number of aromatic nitrogens is 2. The van der Waals surface area contributed by atoms with E-state index >= 15 is 0 Å². The second-order valence-corrected chi connectivity index (χ2v) is 6.21. The van der Waals surface area contributed by atoms with E-state index in [0.717, 1.165) is 11.1 Å². The number of rotatable bonds is 6. The lowest BCUT2D eigenvalue weighted by atomic mass is 10.1. The highest BCUT2D eigenvalue weighted by Gasteiger charge is 2.32. The van der Waals surface area contributed by atoms with Crippen LogP contribution < -0.4 is 4.74 Å². The number of halogens is 3. The average molecular weight is 377 g/mol. The Balaban J connectivity index is 1.67. The number of nitrogens with zero attached hydrogens (tertiary/aromatic N) is 3. The maximum atomic E-state index is 12.5. The molecule has 0 fully saturated rings. The third-order valence-electron chi connectivity index (χ3n) is 3.82. The third-order valence-corrected chi connectivity index (χ3v) is 3.82. The van der Waals surface area contributed by atoms with Gasteiger partial charge in [-0.05, 0) is 20.0 Å². The molecular formula is C19H18F3N3O2. The summed E-state index contributed by atoms with van der Waals surface area (Å²) in [6.45, 7) is 2.51. The van der Waals surface area contributed by atoms with Gasteiger partial charge < -0.3 is 9.26 Å². The van der Waals surface area contributed by atoms with Crippen molar-refractivity contribution in [2.24, 2.45) is 0 Å². The summed E-state index contributed by atoms with van der Waals surface area (Å²) < 4.78 is 46.9. The minimum Gasteiger partial charge on any atom is -0.405 e. The fourth-order valence-corrected chi connectivity index (χ4v) is 2.58. The molecule has 0 bridgehead atoms. The number of hydrogen-bond acceptors (Lipinski definition) is 5. The van der Waals surface area contributed by atoms with Gasteiger partial charge in [-0.3, -0.25) is 4.90 Å². The van der Waals surface area contributed by atoms with Crippen molar-refractivity contribution in [1.29, 1.82) is 0 Å². The maximum Gasteiger partial charge on any atom is 0.573 e. The Morgan fingerprint density at radius 3 is 2.44 bits per heavy atom. The van der Waals surface area contributed by atoms with Gasteiger partial charge in [0.15, 0.2) is 0 Å². The molecule has 0 spiro atoms. The first-order valence-electron chi connectivity index (χ1n) is 8.22. The largest absolute Gasteiger partial charge is 0.573 e. The van der Waals surface area contributed by atoms with Crippen molar-refractivity contribution in [2.45, 2.75) is 26.4 Å². The second kappa shape index (κ2) is 7.79. The number of aryl methyl sites for hydroxylation is 1. The summed E-state index contributed by atoms with van der Waals surface area (Å²) in [5.41, 5.74) is 2.37. The highest BCUT2D eigenvalue weighted by Crippen LogP contribution is 2.27. The summed E-state index contributed by atoms with van der Waals surface area (Å²) >= 11 is 0. The summed E-state index contributed by atoms with van der Waals surface area (Å²) in [6.07, 6.45) is -4.73. The first-order valence-corrected chi connectivity index (χ1v) is 8.22. The van der Waals surface area contributed by atoms with Gasteiger partial charge >= 0.3 is 6.36 Å². The molecule has 2 aromatic carbocycles. The number of hydrogen-bond donors (Lipinski definition) is 0. The lowest BCUT2D eigenvalue weighted by Gasteiger charge is -2.18. The minimum atomic E-state index is -4.73. The first kappa shape index (κ1) is 18.9. The van der Waals surface area contributed by atoms with Crippen molar-refractivity contribution in [3.8, 4) is 17.1 Å². The average Bonchev–Trinajstić information content (AvgIpc) is 3.04. The van der Waals surface area contributed by atoms with Crippen LogP contribution in [-0.4, -0.2) is 28.5 Å². The zero-order chi connectivity index (χ0) is 19.4. The molecule has 3 aromatic rings. The summed E-state index contributed by atoms with van der Waals surface area (Å²) in [4.78, 5) is 6.11. The van der Waals surface area contributed by atoms with Gasteiger partial charge in [-0.1, -0.05) is 53.2 Å². The van der Waals surface area contributed by atoms with Crippen LogP contribution in [0.5, 0.6) is 5.75 Å². The molecule has 0 atom stereocenters. The lowest BCUT2D eigenvalue weighted by molar-refractivity contribution is -0.275. The first-order chi connectivity index (χ1) is 12.8. The number of alkyl halides is 3. The normalized spacial score (nSPS) is 11.8. The van der Waals surface area contributed by atoms with Crippen LogP contribution in [0.2, 0.25) is 0 Å². The van der Waals surface area contributed by atoms with Crippen LogP contribution >= 0.6 is 0 Å². The van der Waals surface area contributed by atoms with Gasteiger partial charge in [0.05, 0.1) is 6.54 Å². The third kappa shape index (κ3) is 5.30. The van der Waals surface area contributed by atoms with E-state index in [1.807, 2.05) is 31.2 Å². The molecule has 0 unspecified atom stereocenters. The molecule has 1 aromatic heterocycles. The fraction of sp³-hybridized carbons (Fsp3) is 0.263. The monoisotopic (exact) mass is 377 g/mol. The van der Waals surface area contributed by atoms with E-state index in [0.29, 0.717) is 23.8 Å². The van der Waals surface area contributed by atoms with Gasteiger partial charge in [-0.15, -0.1) is 13.2 Å². The Kier molecular flexibility index (Phi) is 5.46. The SMILES string of the molecule is Cc1ccc(-c2noc(CN(C)Cc3ccccc3OC(F)(F)F)n2)cc1. The lowest BCUT2D eigenvalue weighted by Crippen LogP contribution is -2.21. The van der Waals surface area contributed by atoms with Crippen molar-refractivity contribution in [1.82, 2.24) is 15.0 Å². The quantitative estimate of drug-likeness (QED) is 0.630. The number of benzene rings is 2. The fourth-order valence-electron chi connectivity index (χ4n) is 2.58. The van der Waals surface area contributed by atoms with Gasteiger partial charge in [-0.2, -0.15) is 4.98 Å². The van der Waals surface area contributed by atoms with Crippen LogP contribution in [0.25, 0.3) is 11.4 Å². The Hall–Kier alpha value is -2.87. The molecule has 0 N–H and O–H groups in total. The van der Waals surface area contributed by atoms with E-state index in [1.165, 1.54) is 12.1 Å². The Morgan fingerprint density at radius 1 is 1.04 bits per heavy atom. The standard InChI is InChI=1S/C19H18F3N3O2/c1-13-7-9-14(10-8-13)18-23-17(27-24-18)12-25(2)11-15-5-3-4-6-16(15)26-19(20,21)22/h3-10H,11-12H2,1-2H3. The van der Waals surface area contributed by atoms with Crippen molar-refractivity contribution in [2.75, 3.05) is 7.05 Å². The van der Waals surface area contributed by atoms with Crippen LogP contribution in [0.1, 0.15) is 17.0 Å². The van der Waals surface area contributed by atoms with Crippen LogP contribution in [0.3, 0.4) is 0 Å². The van der Waals surface area contributed by atoms with E-state index in [9.17, 15) is 13.2 Å². The highest BCUT2D eigenvalue weighted by atomic mass is 19.4. The van der Waals surface area contributed by atoms with E-state index in [-0.39, 0.29) is 12.3 Å². The summed E-state index contributed by atoms with van der Waals surface area (Å²) in [6, 6.07) is 13.7. The molecule has 1 heterocycles. The Bertz CT molecular complexity index is 892. The highest BCUT2D eigenvalue weighted by molar-refractivity contribution is 5.54. The van der Waals surface area contributed by atoms with E-state index < -0.39 is 6.36 Å². The molecule has 8 heteroatoms.